The second-order valence-electron chi connectivity index (χ2n) is 4.49. The van der Waals surface area contributed by atoms with Crippen LogP contribution in [0.15, 0.2) is 18.2 Å². The summed E-state index contributed by atoms with van der Waals surface area (Å²) in [6.07, 6.45) is 1.46. The fourth-order valence-electron chi connectivity index (χ4n) is 2.35. The monoisotopic (exact) mass is 247 g/mol. The smallest absolute Gasteiger partial charge is 0.335 e. The highest BCUT2D eigenvalue weighted by molar-refractivity contribution is 5.95. The molecule has 1 aromatic carbocycles. The van der Waals surface area contributed by atoms with Crippen LogP contribution in [-0.4, -0.2) is 27.4 Å². The van der Waals surface area contributed by atoms with Crippen molar-refractivity contribution in [2.24, 2.45) is 7.05 Å². The Balaban J connectivity index is 2.62. The van der Waals surface area contributed by atoms with Gasteiger partial charge >= 0.3 is 5.97 Å². The number of aliphatic hydroxyl groups is 1. The number of aromatic carboxylic acids is 1. The van der Waals surface area contributed by atoms with Crippen molar-refractivity contribution in [3.8, 4) is 0 Å². The number of hydrogen-bond donors (Lipinski definition) is 2. The number of fused-ring (bicyclic) bond motifs is 1. The Kier molecular flexibility index (Phi) is 3.39. The third-order valence-corrected chi connectivity index (χ3v) is 3.45. The van der Waals surface area contributed by atoms with E-state index in [1.54, 1.807) is 12.1 Å². The molecule has 2 rings (SSSR count). The predicted molar refractivity (Wildman–Crippen MR) is 70.0 cm³/mol. The minimum Gasteiger partial charge on any atom is -0.478 e. The summed E-state index contributed by atoms with van der Waals surface area (Å²) in [5.74, 6) is -0.911. The van der Waals surface area contributed by atoms with Gasteiger partial charge in [-0.25, -0.2) is 4.79 Å². The minimum absolute atomic E-state index is 0.147. The fraction of sp³-hybridized carbons (Fsp3) is 0.357. The van der Waals surface area contributed by atoms with Gasteiger partial charge in [-0.05, 0) is 43.5 Å². The Labute approximate surface area is 105 Å². The number of hydrogen-bond acceptors (Lipinski definition) is 2. The van der Waals surface area contributed by atoms with E-state index < -0.39 is 5.97 Å². The molecule has 4 heteroatoms. The first-order chi connectivity index (χ1) is 8.56. The summed E-state index contributed by atoms with van der Waals surface area (Å²) in [5, 5.41) is 19.0. The van der Waals surface area contributed by atoms with E-state index in [-0.39, 0.29) is 6.61 Å². The van der Waals surface area contributed by atoms with Gasteiger partial charge in [-0.1, -0.05) is 0 Å². The quantitative estimate of drug-likeness (QED) is 0.869. The molecule has 0 saturated carbocycles. The van der Waals surface area contributed by atoms with Gasteiger partial charge in [0.15, 0.2) is 0 Å². The van der Waals surface area contributed by atoms with E-state index in [4.69, 9.17) is 10.2 Å². The van der Waals surface area contributed by atoms with E-state index in [0.717, 1.165) is 28.6 Å². The van der Waals surface area contributed by atoms with E-state index in [9.17, 15) is 4.79 Å². The molecule has 96 valence electrons. The number of aliphatic hydroxyl groups excluding tert-OH is 1. The molecule has 0 aliphatic rings. The predicted octanol–water partition coefficient (Wildman–Crippen LogP) is 2.11. The third-order valence-electron chi connectivity index (χ3n) is 3.45. The number of carboxylic acid groups (broad SMARTS) is 1. The zero-order valence-corrected chi connectivity index (χ0v) is 10.6. The Morgan fingerprint density at radius 1 is 1.39 bits per heavy atom. The maximum atomic E-state index is 11.0. The van der Waals surface area contributed by atoms with Gasteiger partial charge in [-0.2, -0.15) is 0 Å². The summed E-state index contributed by atoms with van der Waals surface area (Å²) in [7, 11) is 1.97. The van der Waals surface area contributed by atoms with E-state index in [2.05, 4.69) is 4.57 Å². The molecule has 0 radical (unpaired) electrons. The van der Waals surface area contributed by atoms with Crippen molar-refractivity contribution in [1.82, 2.24) is 4.57 Å². The Morgan fingerprint density at radius 3 is 2.72 bits per heavy atom. The topological polar surface area (TPSA) is 62.5 Å². The number of carboxylic acids is 1. The number of rotatable bonds is 4. The molecule has 18 heavy (non-hydrogen) atoms. The Bertz CT molecular complexity index is 599. The molecule has 1 aromatic heterocycles. The highest BCUT2D eigenvalue weighted by Gasteiger charge is 2.13. The van der Waals surface area contributed by atoms with E-state index in [1.165, 1.54) is 0 Å². The zero-order valence-electron chi connectivity index (χ0n) is 10.6. The van der Waals surface area contributed by atoms with Gasteiger partial charge in [-0.15, -0.1) is 0 Å². The number of aryl methyl sites for hydroxylation is 2. The lowest BCUT2D eigenvalue weighted by atomic mass is 10.0. The third kappa shape index (κ3) is 1.99. The van der Waals surface area contributed by atoms with Crippen molar-refractivity contribution >= 4 is 16.9 Å². The van der Waals surface area contributed by atoms with Crippen molar-refractivity contribution in [3.63, 3.8) is 0 Å². The van der Waals surface area contributed by atoms with E-state index in [1.807, 2.05) is 20.0 Å². The van der Waals surface area contributed by atoms with Crippen molar-refractivity contribution in [1.29, 1.82) is 0 Å². The van der Waals surface area contributed by atoms with Crippen molar-refractivity contribution < 1.29 is 15.0 Å². The van der Waals surface area contributed by atoms with Gasteiger partial charge in [0.25, 0.3) is 0 Å². The summed E-state index contributed by atoms with van der Waals surface area (Å²) in [4.78, 5) is 11.0. The van der Waals surface area contributed by atoms with E-state index in [0.29, 0.717) is 12.0 Å². The van der Waals surface area contributed by atoms with Crippen LogP contribution in [0.25, 0.3) is 10.9 Å². The maximum absolute atomic E-state index is 11.0. The second-order valence-corrected chi connectivity index (χ2v) is 4.49. The van der Waals surface area contributed by atoms with Crippen LogP contribution in [0, 0.1) is 6.92 Å². The first-order valence-electron chi connectivity index (χ1n) is 5.98. The number of carbonyl (C=O) groups is 1. The average Bonchev–Trinajstić information content (AvgIpc) is 2.59. The summed E-state index contributed by atoms with van der Waals surface area (Å²) in [5.41, 5.74) is 3.59. The molecule has 0 spiro atoms. The SMILES string of the molecule is Cc1c(CCCO)c2cc(C(=O)O)ccc2n1C. The average molecular weight is 247 g/mol. The minimum atomic E-state index is -0.911. The van der Waals surface area contributed by atoms with Crippen LogP contribution in [-0.2, 0) is 13.5 Å². The van der Waals surface area contributed by atoms with Crippen molar-refractivity contribution in [3.05, 3.63) is 35.0 Å². The van der Waals surface area contributed by atoms with Crippen molar-refractivity contribution in [2.45, 2.75) is 19.8 Å². The first kappa shape index (κ1) is 12.6. The second kappa shape index (κ2) is 4.82. The van der Waals surface area contributed by atoms with E-state index >= 15 is 0 Å². The standard InChI is InChI=1S/C14H17NO3/c1-9-11(4-3-7-16)12-8-10(14(17)18)5-6-13(12)15(9)2/h5-6,8,16H,3-4,7H2,1-2H3,(H,17,18). The van der Waals surface area contributed by atoms with Crippen LogP contribution in [0.4, 0.5) is 0 Å². The zero-order chi connectivity index (χ0) is 13.3. The number of nitrogens with zero attached hydrogens (tertiary/aromatic N) is 1. The molecule has 0 amide bonds. The molecular weight excluding hydrogens is 230 g/mol. The number of aromatic nitrogens is 1. The molecule has 0 aliphatic carbocycles. The van der Waals surface area contributed by atoms with Gasteiger partial charge in [0.05, 0.1) is 5.56 Å². The summed E-state index contributed by atoms with van der Waals surface area (Å²) in [6, 6.07) is 5.19. The van der Waals surface area contributed by atoms with Crippen LogP contribution in [0.5, 0.6) is 0 Å². The molecule has 0 atom stereocenters. The Hall–Kier alpha value is -1.81. The Morgan fingerprint density at radius 2 is 2.11 bits per heavy atom. The lowest BCUT2D eigenvalue weighted by Gasteiger charge is -2.00. The molecule has 0 bridgehead atoms. The van der Waals surface area contributed by atoms with Gasteiger partial charge < -0.3 is 14.8 Å². The molecule has 0 saturated heterocycles. The molecule has 2 aromatic rings. The molecule has 4 nitrogen and oxygen atoms in total. The number of benzene rings is 1. The molecule has 0 fully saturated rings. The maximum Gasteiger partial charge on any atom is 0.335 e. The van der Waals surface area contributed by atoms with Crippen LogP contribution in [0.1, 0.15) is 28.0 Å². The summed E-state index contributed by atoms with van der Waals surface area (Å²) < 4.78 is 2.06. The molecule has 1 heterocycles. The van der Waals surface area contributed by atoms with Gasteiger partial charge in [0.2, 0.25) is 0 Å². The normalized spacial score (nSPS) is 11.1. The summed E-state index contributed by atoms with van der Waals surface area (Å²) >= 11 is 0. The van der Waals surface area contributed by atoms with Crippen molar-refractivity contribution in [2.75, 3.05) is 6.61 Å². The molecule has 0 aliphatic heterocycles. The summed E-state index contributed by atoms with van der Waals surface area (Å²) in [6.45, 7) is 2.17. The fourth-order valence-corrected chi connectivity index (χ4v) is 2.35. The molecule has 2 N–H and O–H groups in total. The van der Waals surface area contributed by atoms with Crippen LogP contribution >= 0.6 is 0 Å². The van der Waals surface area contributed by atoms with Crippen LogP contribution < -0.4 is 0 Å². The highest BCUT2D eigenvalue weighted by Crippen LogP contribution is 2.27. The van der Waals surface area contributed by atoms with Crippen LogP contribution in [0.3, 0.4) is 0 Å². The highest BCUT2D eigenvalue weighted by atomic mass is 16.4. The molecule has 0 unspecified atom stereocenters. The van der Waals surface area contributed by atoms with Gasteiger partial charge in [0, 0.05) is 30.3 Å². The molecular formula is C14H17NO3. The lowest BCUT2D eigenvalue weighted by Crippen LogP contribution is -1.96. The van der Waals surface area contributed by atoms with Gasteiger partial charge in [-0.3, -0.25) is 0 Å². The lowest BCUT2D eigenvalue weighted by molar-refractivity contribution is 0.0697. The first-order valence-corrected chi connectivity index (χ1v) is 5.98. The largest absolute Gasteiger partial charge is 0.478 e. The van der Waals surface area contributed by atoms with Crippen LogP contribution in [0.2, 0.25) is 0 Å². The van der Waals surface area contributed by atoms with Gasteiger partial charge in [0.1, 0.15) is 0 Å².